The minimum absolute atomic E-state index is 0.148. The van der Waals surface area contributed by atoms with Gasteiger partial charge in [0.25, 0.3) is 0 Å². The van der Waals surface area contributed by atoms with Gasteiger partial charge in [0.05, 0.1) is 6.61 Å². The predicted octanol–water partition coefficient (Wildman–Crippen LogP) is 0.631. The van der Waals surface area contributed by atoms with Crippen LogP contribution in [-0.4, -0.2) is 58.6 Å². The van der Waals surface area contributed by atoms with Crippen molar-refractivity contribution in [1.82, 2.24) is 0 Å². The lowest BCUT2D eigenvalue weighted by molar-refractivity contribution is -0.272. The van der Waals surface area contributed by atoms with E-state index in [2.05, 4.69) is 0 Å². The number of benzene rings is 1. The Kier molecular flexibility index (Phi) is 6.53. The summed E-state index contributed by atoms with van der Waals surface area (Å²) >= 11 is 0. The average molecular weight is 408 g/mol. The molecule has 1 aromatic heterocycles. The van der Waals surface area contributed by atoms with Crippen molar-refractivity contribution in [3.8, 4) is 5.75 Å². The molecule has 0 saturated carbocycles. The molecule has 0 amide bonds. The minimum Gasteiger partial charge on any atom is -0.464 e. The fourth-order valence-corrected chi connectivity index (χ4v) is 3.05. The van der Waals surface area contributed by atoms with Crippen LogP contribution >= 0.6 is 0 Å². The number of aliphatic hydroxyl groups excluding tert-OH is 3. The zero-order valence-electron chi connectivity index (χ0n) is 16.1. The molecule has 1 fully saturated rings. The van der Waals surface area contributed by atoms with Crippen molar-refractivity contribution < 1.29 is 38.7 Å². The molecule has 0 bridgehead atoms. The summed E-state index contributed by atoms with van der Waals surface area (Å²) in [7, 11) is 0. The van der Waals surface area contributed by atoms with E-state index < -0.39 is 42.3 Å². The molecular formula is C20H24O9. The lowest BCUT2D eigenvalue weighted by atomic mass is 9.99. The molecule has 2 aromatic rings. The van der Waals surface area contributed by atoms with E-state index in [4.69, 9.17) is 18.6 Å². The van der Waals surface area contributed by atoms with Crippen LogP contribution in [0.1, 0.15) is 25.3 Å². The van der Waals surface area contributed by atoms with Gasteiger partial charge >= 0.3 is 11.6 Å². The smallest absolute Gasteiger partial charge is 0.338 e. The molecule has 3 N–H and O–H groups in total. The van der Waals surface area contributed by atoms with Crippen LogP contribution < -0.4 is 10.4 Å². The first-order valence-corrected chi connectivity index (χ1v) is 9.39. The third-order valence-electron chi connectivity index (χ3n) is 4.72. The van der Waals surface area contributed by atoms with Crippen LogP contribution in [0.3, 0.4) is 0 Å². The number of aryl methyl sites for hydroxylation is 1. The van der Waals surface area contributed by atoms with E-state index in [1.165, 1.54) is 12.1 Å². The lowest BCUT2D eigenvalue weighted by Gasteiger charge is -2.39. The van der Waals surface area contributed by atoms with Crippen LogP contribution in [0.4, 0.5) is 0 Å². The summed E-state index contributed by atoms with van der Waals surface area (Å²) in [6.07, 6.45) is -6.49. The van der Waals surface area contributed by atoms with Gasteiger partial charge in [-0.05, 0) is 31.0 Å². The van der Waals surface area contributed by atoms with Gasteiger partial charge in [0.1, 0.15) is 29.6 Å². The molecule has 0 spiro atoms. The predicted molar refractivity (Wildman–Crippen MR) is 100 cm³/mol. The van der Waals surface area contributed by atoms with Crippen molar-refractivity contribution in [3.63, 3.8) is 0 Å². The van der Waals surface area contributed by atoms with E-state index in [0.29, 0.717) is 11.8 Å². The monoisotopic (exact) mass is 408 g/mol. The highest BCUT2D eigenvalue weighted by Crippen LogP contribution is 2.27. The Morgan fingerprint density at radius 2 is 1.90 bits per heavy atom. The van der Waals surface area contributed by atoms with Gasteiger partial charge in [0, 0.05) is 17.5 Å². The third kappa shape index (κ3) is 4.59. The first-order chi connectivity index (χ1) is 13.8. The van der Waals surface area contributed by atoms with Crippen LogP contribution in [-0.2, 0) is 14.3 Å². The van der Waals surface area contributed by atoms with E-state index in [9.17, 15) is 24.9 Å². The molecule has 9 nitrogen and oxygen atoms in total. The maximum absolute atomic E-state index is 12.2. The van der Waals surface area contributed by atoms with E-state index in [-0.39, 0.29) is 17.9 Å². The summed E-state index contributed by atoms with van der Waals surface area (Å²) in [5, 5.41) is 31.1. The quantitative estimate of drug-likeness (QED) is 0.357. The van der Waals surface area contributed by atoms with Crippen LogP contribution in [0.15, 0.2) is 33.5 Å². The first-order valence-electron chi connectivity index (χ1n) is 9.39. The van der Waals surface area contributed by atoms with Gasteiger partial charge in [-0.2, -0.15) is 0 Å². The van der Waals surface area contributed by atoms with Crippen molar-refractivity contribution in [3.05, 3.63) is 40.2 Å². The number of rotatable bonds is 6. The maximum Gasteiger partial charge on any atom is 0.338 e. The number of aliphatic hydroxyl groups is 3. The molecule has 1 aromatic carbocycles. The normalized spacial score (nSPS) is 27.0. The summed E-state index contributed by atoms with van der Waals surface area (Å²) < 4.78 is 21.1. The molecule has 9 heteroatoms. The molecule has 1 saturated heterocycles. The Morgan fingerprint density at radius 1 is 1.14 bits per heavy atom. The molecule has 158 valence electrons. The van der Waals surface area contributed by atoms with Crippen molar-refractivity contribution in [1.29, 1.82) is 0 Å². The highest BCUT2D eigenvalue weighted by molar-refractivity contribution is 5.81. The minimum atomic E-state index is -1.68. The molecule has 0 aliphatic carbocycles. The van der Waals surface area contributed by atoms with Crippen LogP contribution in [0, 0.1) is 6.92 Å². The zero-order chi connectivity index (χ0) is 21.1. The number of esters is 1. The highest BCUT2D eigenvalue weighted by atomic mass is 16.7. The van der Waals surface area contributed by atoms with Crippen LogP contribution in [0.2, 0.25) is 0 Å². The van der Waals surface area contributed by atoms with Gasteiger partial charge in [-0.25, -0.2) is 9.59 Å². The number of carbonyl (C=O) groups excluding carboxylic acids is 1. The van der Waals surface area contributed by atoms with Gasteiger partial charge in [0.2, 0.25) is 6.29 Å². The van der Waals surface area contributed by atoms with Gasteiger partial charge in [-0.1, -0.05) is 13.3 Å². The van der Waals surface area contributed by atoms with Gasteiger partial charge in [0.15, 0.2) is 6.10 Å². The Labute approximate surface area is 166 Å². The first kappa shape index (κ1) is 21.3. The van der Waals surface area contributed by atoms with Gasteiger partial charge in [-0.3, -0.25) is 0 Å². The van der Waals surface area contributed by atoms with Crippen LogP contribution in [0.25, 0.3) is 11.0 Å². The number of fused-ring (bicyclic) bond motifs is 1. The average Bonchev–Trinajstić information content (AvgIpc) is 2.68. The van der Waals surface area contributed by atoms with Gasteiger partial charge < -0.3 is 33.9 Å². The maximum atomic E-state index is 12.2. The molecule has 3 rings (SSSR count). The molecule has 1 aliphatic heterocycles. The fourth-order valence-electron chi connectivity index (χ4n) is 3.05. The summed E-state index contributed by atoms with van der Waals surface area (Å²) in [6.45, 7) is 3.84. The lowest BCUT2D eigenvalue weighted by Crippen LogP contribution is -2.61. The largest absolute Gasteiger partial charge is 0.464 e. The van der Waals surface area contributed by atoms with Crippen molar-refractivity contribution >= 4 is 16.9 Å². The Morgan fingerprint density at radius 3 is 2.62 bits per heavy atom. The second-order valence-electron chi connectivity index (χ2n) is 6.94. The third-order valence-corrected chi connectivity index (χ3v) is 4.72. The van der Waals surface area contributed by atoms with E-state index in [0.717, 1.165) is 12.0 Å². The number of carbonyl (C=O) groups is 1. The van der Waals surface area contributed by atoms with Gasteiger partial charge in [-0.15, -0.1) is 0 Å². The molecule has 1 aliphatic rings. The Balaban J connectivity index is 1.79. The standard InChI is InChI=1S/C20H24O9/c1-3-4-7-26-19(25)18-16(23)15(22)17(24)20(29-18)27-11-5-6-12-10(2)8-14(21)28-13(12)9-11/h5-6,8-9,15-18,20,22-24H,3-4,7H2,1-2H3/t15?,16-,17?,18?,20+/m0/s1. The van der Waals surface area contributed by atoms with Crippen LogP contribution in [0.5, 0.6) is 5.75 Å². The summed E-state index contributed by atoms with van der Waals surface area (Å²) in [5.41, 5.74) is 0.480. The summed E-state index contributed by atoms with van der Waals surface area (Å²) in [5.74, 6) is -0.678. The van der Waals surface area contributed by atoms with E-state index in [1.807, 2.05) is 6.92 Å². The topological polar surface area (TPSA) is 136 Å². The van der Waals surface area contributed by atoms with Crippen molar-refractivity contribution in [2.24, 2.45) is 0 Å². The molecule has 0 radical (unpaired) electrons. The number of hydrogen-bond acceptors (Lipinski definition) is 9. The SMILES string of the molecule is CCCCOC(=O)C1O[C@@H](Oc2ccc3c(C)cc(=O)oc3c2)C(O)C(O)[C@@H]1O. The Hall–Kier alpha value is -2.46. The van der Waals surface area contributed by atoms with Crippen molar-refractivity contribution in [2.75, 3.05) is 6.61 Å². The molecule has 29 heavy (non-hydrogen) atoms. The number of hydrogen-bond donors (Lipinski definition) is 3. The second kappa shape index (κ2) is 8.91. The summed E-state index contributed by atoms with van der Waals surface area (Å²) in [4.78, 5) is 23.8. The van der Waals surface area contributed by atoms with Crippen molar-refractivity contribution in [2.45, 2.75) is 57.4 Å². The van der Waals surface area contributed by atoms with E-state index in [1.54, 1.807) is 19.1 Å². The molecular weight excluding hydrogens is 384 g/mol. The number of unbranched alkanes of at least 4 members (excludes halogenated alkanes) is 1. The Bertz CT molecular complexity index is 922. The number of ether oxygens (including phenoxy) is 3. The molecule has 3 unspecified atom stereocenters. The van der Waals surface area contributed by atoms with E-state index >= 15 is 0 Å². The molecule has 2 heterocycles. The highest BCUT2D eigenvalue weighted by Gasteiger charge is 2.48. The zero-order valence-corrected chi connectivity index (χ0v) is 16.1. The second-order valence-corrected chi connectivity index (χ2v) is 6.94. The fraction of sp³-hybridized carbons (Fsp3) is 0.500. The molecule has 5 atom stereocenters. The summed E-state index contributed by atoms with van der Waals surface area (Å²) in [6, 6.07) is 6.03.